The highest BCUT2D eigenvalue weighted by molar-refractivity contribution is 7.98. The highest BCUT2D eigenvalue weighted by Crippen LogP contribution is 2.10. The summed E-state index contributed by atoms with van der Waals surface area (Å²) in [6, 6.07) is 3.19. The molecule has 0 spiro atoms. The Bertz CT molecular complexity index is 332. The van der Waals surface area contributed by atoms with Crippen LogP contribution in [0.5, 0.6) is 0 Å². The van der Waals surface area contributed by atoms with Crippen LogP contribution in [0.25, 0.3) is 0 Å². The number of rotatable bonds is 5. The Morgan fingerprint density at radius 3 is 2.40 bits per heavy atom. The molecule has 0 fully saturated rings. The van der Waals surface area contributed by atoms with Crippen molar-refractivity contribution in [3.63, 3.8) is 0 Å². The van der Waals surface area contributed by atoms with Crippen LogP contribution >= 0.6 is 11.8 Å². The van der Waals surface area contributed by atoms with E-state index >= 15 is 0 Å². The first kappa shape index (κ1) is 12.2. The minimum atomic E-state index is -0.636. The topological polar surface area (TPSA) is 17.1 Å². The second kappa shape index (κ2) is 5.85. The third kappa shape index (κ3) is 4.42. The lowest BCUT2D eigenvalue weighted by molar-refractivity contribution is -0.118. The number of halogens is 2. The number of carbonyl (C=O) groups excluding carboxylic acids is 1. The number of ketones is 1. The molecule has 0 saturated carbocycles. The Morgan fingerprint density at radius 1 is 1.27 bits per heavy atom. The summed E-state index contributed by atoms with van der Waals surface area (Å²) in [4.78, 5) is 11.3. The number of carbonyl (C=O) groups is 1. The van der Waals surface area contributed by atoms with Gasteiger partial charge in [0.1, 0.15) is 17.4 Å². The van der Waals surface area contributed by atoms with Crippen LogP contribution in [0, 0.1) is 11.6 Å². The third-order valence-electron chi connectivity index (χ3n) is 1.91. The van der Waals surface area contributed by atoms with E-state index in [0.29, 0.717) is 12.0 Å². The Morgan fingerprint density at radius 2 is 1.87 bits per heavy atom. The maximum absolute atomic E-state index is 12.8. The van der Waals surface area contributed by atoms with Crippen molar-refractivity contribution in [2.24, 2.45) is 0 Å². The molecule has 0 heterocycles. The van der Waals surface area contributed by atoms with E-state index in [1.54, 1.807) is 11.8 Å². The first-order chi connectivity index (χ1) is 7.11. The quantitative estimate of drug-likeness (QED) is 0.773. The maximum Gasteiger partial charge on any atom is 0.138 e. The first-order valence-electron chi connectivity index (χ1n) is 4.57. The molecule has 1 nitrogen and oxygen atoms in total. The molecule has 1 aromatic carbocycles. The van der Waals surface area contributed by atoms with E-state index in [2.05, 4.69) is 0 Å². The normalized spacial score (nSPS) is 10.3. The minimum absolute atomic E-state index is 0.00866. The van der Waals surface area contributed by atoms with E-state index in [-0.39, 0.29) is 12.2 Å². The highest BCUT2D eigenvalue weighted by atomic mass is 32.2. The van der Waals surface area contributed by atoms with Crippen molar-refractivity contribution in [1.29, 1.82) is 0 Å². The van der Waals surface area contributed by atoms with Crippen LogP contribution in [0.3, 0.4) is 0 Å². The van der Waals surface area contributed by atoms with Gasteiger partial charge in [-0.05, 0) is 29.7 Å². The Labute approximate surface area is 91.9 Å². The molecule has 0 N–H and O–H groups in total. The maximum atomic E-state index is 12.8. The lowest BCUT2D eigenvalue weighted by Gasteiger charge is -2.01. The van der Waals surface area contributed by atoms with Gasteiger partial charge in [0.25, 0.3) is 0 Å². The van der Waals surface area contributed by atoms with E-state index < -0.39 is 11.6 Å². The molecule has 0 aliphatic carbocycles. The van der Waals surface area contributed by atoms with Crippen LogP contribution in [0.4, 0.5) is 8.78 Å². The van der Waals surface area contributed by atoms with Crippen molar-refractivity contribution in [1.82, 2.24) is 0 Å². The first-order valence-corrected chi connectivity index (χ1v) is 5.97. The molecule has 1 aromatic rings. The van der Waals surface area contributed by atoms with Gasteiger partial charge in [0, 0.05) is 18.9 Å². The van der Waals surface area contributed by atoms with Crippen molar-refractivity contribution in [3.8, 4) is 0 Å². The van der Waals surface area contributed by atoms with Crippen molar-refractivity contribution in [2.45, 2.75) is 12.8 Å². The Hall–Kier alpha value is -0.900. The summed E-state index contributed by atoms with van der Waals surface area (Å²) in [5.41, 5.74) is 0.401. The fourth-order valence-electron chi connectivity index (χ4n) is 1.24. The largest absolute Gasteiger partial charge is 0.299 e. The van der Waals surface area contributed by atoms with Gasteiger partial charge in [-0.3, -0.25) is 4.79 Å². The average Bonchev–Trinajstić information content (AvgIpc) is 2.13. The lowest BCUT2D eigenvalue weighted by Crippen LogP contribution is -2.04. The second-order valence-electron chi connectivity index (χ2n) is 3.24. The minimum Gasteiger partial charge on any atom is -0.299 e. The zero-order valence-corrected chi connectivity index (χ0v) is 9.24. The van der Waals surface area contributed by atoms with Gasteiger partial charge in [-0.1, -0.05) is 0 Å². The fourth-order valence-corrected chi connectivity index (χ4v) is 1.68. The summed E-state index contributed by atoms with van der Waals surface area (Å²) in [5, 5.41) is 0. The molecule has 1 rings (SSSR count). The van der Waals surface area contributed by atoms with Crippen LogP contribution < -0.4 is 0 Å². The Kier molecular flexibility index (Phi) is 4.75. The van der Waals surface area contributed by atoms with Gasteiger partial charge in [0.05, 0.1) is 0 Å². The van der Waals surface area contributed by atoms with Gasteiger partial charge < -0.3 is 0 Å². The van der Waals surface area contributed by atoms with Crippen LogP contribution in [-0.2, 0) is 11.2 Å². The number of benzene rings is 1. The molecule has 0 aliphatic rings. The lowest BCUT2D eigenvalue weighted by atomic mass is 10.1. The smallest absolute Gasteiger partial charge is 0.138 e. The molecule has 0 radical (unpaired) electrons. The summed E-state index contributed by atoms with van der Waals surface area (Å²) in [7, 11) is 0. The molecule has 0 atom stereocenters. The molecular formula is C11H12F2OS. The average molecular weight is 230 g/mol. The van der Waals surface area contributed by atoms with Gasteiger partial charge in [-0.25, -0.2) is 8.78 Å². The SMILES string of the molecule is CSCCC(=O)Cc1cc(F)cc(F)c1. The predicted molar refractivity (Wildman–Crippen MR) is 58.1 cm³/mol. The molecular weight excluding hydrogens is 218 g/mol. The number of thioether (sulfide) groups is 1. The van der Waals surface area contributed by atoms with Gasteiger partial charge in [-0.15, -0.1) is 0 Å². The summed E-state index contributed by atoms with van der Waals surface area (Å²) >= 11 is 1.58. The number of hydrogen-bond acceptors (Lipinski definition) is 2. The second-order valence-corrected chi connectivity index (χ2v) is 4.22. The monoisotopic (exact) mass is 230 g/mol. The molecule has 0 bridgehead atoms. The zero-order valence-electron chi connectivity index (χ0n) is 8.43. The standard InChI is InChI=1S/C11H12F2OS/c1-15-3-2-11(14)6-8-4-9(12)7-10(13)5-8/h4-5,7H,2-3,6H2,1H3. The van der Waals surface area contributed by atoms with Crippen LogP contribution in [-0.4, -0.2) is 17.8 Å². The zero-order chi connectivity index (χ0) is 11.3. The molecule has 0 amide bonds. The number of Topliss-reactive ketones (excluding diaryl/α,β-unsaturated/α-hetero) is 1. The van der Waals surface area contributed by atoms with Gasteiger partial charge in [0.15, 0.2) is 0 Å². The molecule has 15 heavy (non-hydrogen) atoms. The summed E-state index contributed by atoms with van der Waals surface area (Å²) < 4.78 is 25.6. The van der Waals surface area contributed by atoms with Crippen molar-refractivity contribution in [3.05, 3.63) is 35.4 Å². The number of hydrogen-bond donors (Lipinski definition) is 0. The molecule has 4 heteroatoms. The summed E-state index contributed by atoms with van der Waals surface area (Å²) in [6.07, 6.45) is 2.46. The van der Waals surface area contributed by atoms with E-state index in [1.165, 1.54) is 12.1 Å². The van der Waals surface area contributed by atoms with Gasteiger partial charge in [0.2, 0.25) is 0 Å². The summed E-state index contributed by atoms with van der Waals surface area (Å²) in [6.45, 7) is 0. The molecule has 0 aromatic heterocycles. The van der Waals surface area contributed by atoms with Gasteiger partial charge >= 0.3 is 0 Å². The van der Waals surface area contributed by atoms with Crippen molar-refractivity contribution in [2.75, 3.05) is 12.0 Å². The van der Waals surface area contributed by atoms with Crippen molar-refractivity contribution < 1.29 is 13.6 Å². The predicted octanol–water partition coefficient (Wildman–Crippen LogP) is 2.83. The summed E-state index contributed by atoms with van der Waals surface area (Å²) in [5.74, 6) is -0.518. The van der Waals surface area contributed by atoms with E-state index in [9.17, 15) is 13.6 Å². The fraction of sp³-hybridized carbons (Fsp3) is 0.364. The Balaban J connectivity index is 2.60. The molecule has 82 valence electrons. The van der Waals surface area contributed by atoms with E-state index in [4.69, 9.17) is 0 Å². The van der Waals surface area contributed by atoms with Crippen molar-refractivity contribution >= 4 is 17.5 Å². The molecule has 0 unspecified atom stereocenters. The van der Waals surface area contributed by atoms with E-state index in [0.717, 1.165) is 11.8 Å². The van der Waals surface area contributed by atoms with Gasteiger partial charge in [-0.2, -0.15) is 11.8 Å². The molecule has 0 aliphatic heterocycles. The van der Waals surface area contributed by atoms with Crippen LogP contribution in [0.2, 0.25) is 0 Å². The van der Waals surface area contributed by atoms with E-state index in [1.807, 2.05) is 6.26 Å². The molecule has 0 saturated heterocycles. The highest BCUT2D eigenvalue weighted by Gasteiger charge is 2.06. The van der Waals surface area contributed by atoms with Crippen LogP contribution in [0.1, 0.15) is 12.0 Å². The van der Waals surface area contributed by atoms with Crippen LogP contribution in [0.15, 0.2) is 18.2 Å². The third-order valence-corrected chi connectivity index (χ3v) is 2.52.